The summed E-state index contributed by atoms with van der Waals surface area (Å²) in [5, 5.41) is 8.80. The number of para-hydroxylation sites is 1. The van der Waals surface area contributed by atoms with Gasteiger partial charge in [0.05, 0.1) is 7.11 Å². The Kier molecular flexibility index (Phi) is 4.44. The Bertz CT molecular complexity index is 771. The predicted molar refractivity (Wildman–Crippen MR) is 87.0 cm³/mol. The Balaban J connectivity index is 1.74. The van der Waals surface area contributed by atoms with Crippen LogP contribution in [0.5, 0.6) is 5.75 Å². The van der Waals surface area contributed by atoms with E-state index < -0.39 is 0 Å². The molecule has 0 radical (unpaired) electrons. The fraction of sp³-hybridized carbons (Fsp3) is 0.176. The molecule has 0 aliphatic heterocycles. The number of nitrogens with zero attached hydrogens (tertiary/aromatic N) is 2. The average Bonchev–Trinajstić information content (AvgIpc) is 3.02. The van der Waals surface area contributed by atoms with Crippen LogP contribution in [-0.4, -0.2) is 17.3 Å². The standard InChI is InChI=1S/C17H16N2O2S/c1-12-7-3-5-9-14(12)16-18-19-17(21-16)22-11-13-8-4-6-10-15(13)20-2/h3-10H,11H2,1-2H3. The molecule has 3 rings (SSSR count). The minimum absolute atomic E-state index is 0.556. The smallest absolute Gasteiger partial charge is 0.277 e. The van der Waals surface area contributed by atoms with E-state index in [2.05, 4.69) is 10.2 Å². The molecule has 0 saturated carbocycles. The molecule has 3 aromatic rings. The Morgan fingerprint density at radius 3 is 2.64 bits per heavy atom. The molecule has 2 aromatic carbocycles. The summed E-state index contributed by atoms with van der Waals surface area (Å²) in [6.45, 7) is 2.03. The molecule has 0 aliphatic rings. The van der Waals surface area contributed by atoms with E-state index in [4.69, 9.17) is 9.15 Å². The molecule has 0 saturated heterocycles. The summed E-state index contributed by atoms with van der Waals surface area (Å²) in [6, 6.07) is 15.9. The first-order chi connectivity index (χ1) is 10.8. The number of hydrogen-bond acceptors (Lipinski definition) is 5. The van der Waals surface area contributed by atoms with E-state index in [-0.39, 0.29) is 0 Å². The van der Waals surface area contributed by atoms with Gasteiger partial charge in [-0.05, 0) is 24.6 Å². The minimum atomic E-state index is 0.556. The molecule has 1 heterocycles. The summed E-state index contributed by atoms with van der Waals surface area (Å²) in [7, 11) is 1.67. The van der Waals surface area contributed by atoms with Crippen LogP contribution in [0, 0.1) is 6.92 Å². The first-order valence-corrected chi connectivity index (χ1v) is 7.90. The van der Waals surface area contributed by atoms with E-state index in [1.54, 1.807) is 7.11 Å². The Morgan fingerprint density at radius 1 is 1.05 bits per heavy atom. The molecular weight excluding hydrogens is 296 g/mol. The third kappa shape index (κ3) is 3.14. The quantitative estimate of drug-likeness (QED) is 0.656. The Morgan fingerprint density at radius 2 is 1.82 bits per heavy atom. The first-order valence-electron chi connectivity index (χ1n) is 6.92. The molecule has 0 unspecified atom stereocenters. The number of rotatable bonds is 5. The molecule has 0 atom stereocenters. The SMILES string of the molecule is COc1ccccc1CSc1nnc(-c2ccccc2C)o1. The largest absolute Gasteiger partial charge is 0.496 e. The molecule has 0 aliphatic carbocycles. The molecule has 112 valence electrons. The second kappa shape index (κ2) is 6.66. The van der Waals surface area contributed by atoms with Gasteiger partial charge in [-0.1, -0.05) is 48.2 Å². The van der Waals surface area contributed by atoms with Gasteiger partial charge in [-0.3, -0.25) is 0 Å². The number of benzene rings is 2. The van der Waals surface area contributed by atoms with E-state index in [0.717, 1.165) is 28.2 Å². The van der Waals surface area contributed by atoms with E-state index in [0.29, 0.717) is 11.1 Å². The zero-order valence-corrected chi connectivity index (χ0v) is 13.3. The summed E-state index contributed by atoms with van der Waals surface area (Å²) < 4.78 is 11.1. The third-order valence-electron chi connectivity index (χ3n) is 3.33. The van der Waals surface area contributed by atoms with Crippen molar-refractivity contribution in [1.29, 1.82) is 0 Å². The Hall–Kier alpha value is -2.27. The van der Waals surface area contributed by atoms with Crippen molar-refractivity contribution in [3.05, 3.63) is 59.7 Å². The lowest BCUT2D eigenvalue weighted by Gasteiger charge is -2.05. The summed E-state index contributed by atoms with van der Waals surface area (Å²) in [6.07, 6.45) is 0. The van der Waals surface area contributed by atoms with Crippen molar-refractivity contribution in [2.75, 3.05) is 7.11 Å². The maximum absolute atomic E-state index is 5.75. The van der Waals surface area contributed by atoms with Crippen molar-refractivity contribution in [1.82, 2.24) is 10.2 Å². The maximum Gasteiger partial charge on any atom is 0.277 e. The lowest BCUT2D eigenvalue weighted by Crippen LogP contribution is -1.89. The normalized spacial score (nSPS) is 10.6. The number of aryl methyl sites for hydroxylation is 1. The molecular formula is C17H16N2O2S. The number of thioether (sulfide) groups is 1. The zero-order valence-electron chi connectivity index (χ0n) is 12.4. The van der Waals surface area contributed by atoms with Crippen LogP contribution in [0.1, 0.15) is 11.1 Å². The van der Waals surface area contributed by atoms with Crippen LogP contribution in [0.25, 0.3) is 11.5 Å². The van der Waals surface area contributed by atoms with Gasteiger partial charge in [0.25, 0.3) is 5.22 Å². The van der Waals surface area contributed by atoms with Gasteiger partial charge in [0.1, 0.15) is 5.75 Å². The lowest BCUT2D eigenvalue weighted by molar-refractivity contribution is 0.411. The van der Waals surface area contributed by atoms with Gasteiger partial charge in [-0.2, -0.15) is 0 Å². The number of aromatic nitrogens is 2. The first kappa shape index (κ1) is 14.7. The van der Waals surface area contributed by atoms with Crippen LogP contribution in [-0.2, 0) is 5.75 Å². The van der Waals surface area contributed by atoms with Crippen molar-refractivity contribution in [2.45, 2.75) is 17.9 Å². The van der Waals surface area contributed by atoms with Crippen LogP contribution in [0.15, 0.2) is 58.2 Å². The molecule has 0 spiro atoms. The van der Waals surface area contributed by atoms with Gasteiger partial charge in [-0.15, -0.1) is 10.2 Å². The van der Waals surface area contributed by atoms with Crippen molar-refractivity contribution in [2.24, 2.45) is 0 Å². The fourth-order valence-corrected chi connectivity index (χ4v) is 2.91. The van der Waals surface area contributed by atoms with E-state index in [1.165, 1.54) is 11.8 Å². The summed E-state index contributed by atoms with van der Waals surface area (Å²) in [5.41, 5.74) is 3.19. The average molecular weight is 312 g/mol. The van der Waals surface area contributed by atoms with Crippen LogP contribution >= 0.6 is 11.8 Å². The van der Waals surface area contributed by atoms with Gasteiger partial charge in [-0.25, -0.2) is 0 Å². The molecule has 5 heteroatoms. The molecule has 0 fully saturated rings. The van der Waals surface area contributed by atoms with Gasteiger partial charge < -0.3 is 9.15 Å². The molecule has 0 bridgehead atoms. The van der Waals surface area contributed by atoms with E-state index in [9.17, 15) is 0 Å². The minimum Gasteiger partial charge on any atom is -0.496 e. The second-order valence-electron chi connectivity index (χ2n) is 4.79. The summed E-state index contributed by atoms with van der Waals surface area (Å²) in [5.74, 6) is 2.15. The summed E-state index contributed by atoms with van der Waals surface area (Å²) >= 11 is 1.50. The third-order valence-corrected chi connectivity index (χ3v) is 4.19. The highest BCUT2D eigenvalue weighted by atomic mass is 32.2. The van der Waals surface area contributed by atoms with Gasteiger partial charge >= 0.3 is 0 Å². The topological polar surface area (TPSA) is 48.2 Å². The van der Waals surface area contributed by atoms with Gasteiger partial charge in [0, 0.05) is 16.9 Å². The van der Waals surface area contributed by atoms with Crippen molar-refractivity contribution in [3.8, 4) is 17.2 Å². The monoisotopic (exact) mass is 312 g/mol. The van der Waals surface area contributed by atoms with Crippen molar-refractivity contribution in [3.63, 3.8) is 0 Å². The maximum atomic E-state index is 5.75. The summed E-state index contributed by atoms with van der Waals surface area (Å²) in [4.78, 5) is 0. The second-order valence-corrected chi connectivity index (χ2v) is 5.72. The Labute approximate surface area is 133 Å². The number of hydrogen-bond donors (Lipinski definition) is 0. The molecule has 1 aromatic heterocycles. The van der Waals surface area contributed by atoms with Crippen LogP contribution < -0.4 is 4.74 Å². The highest BCUT2D eigenvalue weighted by Crippen LogP contribution is 2.29. The van der Waals surface area contributed by atoms with Crippen molar-refractivity contribution >= 4 is 11.8 Å². The van der Waals surface area contributed by atoms with Crippen LogP contribution in [0.2, 0.25) is 0 Å². The van der Waals surface area contributed by atoms with E-state index >= 15 is 0 Å². The van der Waals surface area contributed by atoms with Gasteiger partial charge in [0.2, 0.25) is 5.89 Å². The fourth-order valence-electron chi connectivity index (χ4n) is 2.15. The van der Waals surface area contributed by atoms with E-state index in [1.807, 2.05) is 55.5 Å². The predicted octanol–water partition coefficient (Wildman–Crippen LogP) is 4.35. The lowest BCUT2D eigenvalue weighted by atomic mass is 10.1. The number of methoxy groups -OCH3 is 1. The molecule has 22 heavy (non-hydrogen) atoms. The van der Waals surface area contributed by atoms with Crippen LogP contribution in [0.3, 0.4) is 0 Å². The molecule has 0 N–H and O–H groups in total. The van der Waals surface area contributed by atoms with Gasteiger partial charge in [0.15, 0.2) is 0 Å². The highest BCUT2D eigenvalue weighted by Gasteiger charge is 2.11. The number of ether oxygens (including phenoxy) is 1. The highest BCUT2D eigenvalue weighted by molar-refractivity contribution is 7.98. The van der Waals surface area contributed by atoms with Crippen LogP contribution in [0.4, 0.5) is 0 Å². The molecule has 0 amide bonds. The van der Waals surface area contributed by atoms with Crippen molar-refractivity contribution < 1.29 is 9.15 Å². The molecule has 4 nitrogen and oxygen atoms in total. The zero-order chi connectivity index (χ0) is 15.4.